The fourth-order valence-corrected chi connectivity index (χ4v) is 2.55. The van der Waals surface area contributed by atoms with E-state index in [0.717, 1.165) is 12.8 Å². The van der Waals surface area contributed by atoms with E-state index in [1.54, 1.807) is 0 Å². The van der Waals surface area contributed by atoms with Crippen molar-refractivity contribution >= 4 is 0 Å². The molecule has 88 valence electrons. The molecule has 2 heteroatoms. The third kappa shape index (κ3) is 2.63. The Labute approximate surface area is 97.3 Å². The van der Waals surface area contributed by atoms with E-state index < -0.39 is 0 Å². The molecule has 0 spiro atoms. The van der Waals surface area contributed by atoms with Gasteiger partial charge in [0.2, 0.25) is 0 Å². The number of hydrogen-bond acceptors (Lipinski definition) is 2. The number of benzene rings is 1. The molecule has 0 bridgehead atoms. The third-order valence-corrected chi connectivity index (χ3v) is 3.26. The van der Waals surface area contributed by atoms with Crippen molar-refractivity contribution in [2.24, 2.45) is 5.92 Å². The molecule has 1 aliphatic heterocycles. The lowest BCUT2D eigenvalue weighted by Crippen LogP contribution is -2.23. The van der Waals surface area contributed by atoms with Crippen LogP contribution in [0.3, 0.4) is 0 Å². The first kappa shape index (κ1) is 11.6. The average Bonchev–Trinajstić information content (AvgIpc) is 2.54. The molecule has 0 aliphatic carbocycles. The zero-order chi connectivity index (χ0) is 11.6. The quantitative estimate of drug-likeness (QED) is 0.847. The third-order valence-electron chi connectivity index (χ3n) is 3.26. The Hall–Kier alpha value is -0.860. The van der Waals surface area contributed by atoms with Crippen molar-refractivity contribution < 1.29 is 9.84 Å². The van der Waals surface area contributed by atoms with Crippen LogP contribution in [0.1, 0.15) is 25.8 Å². The summed E-state index contributed by atoms with van der Waals surface area (Å²) in [5.41, 5.74) is 1.19. The van der Waals surface area contributed by atoms with Gasteiger partial charge in [-0.1, -0.05) is 30.3 Å². The topological polar surface area (TPSA) is 29.5 Å². The Balaban J connectivity index is 2.04. The minimum Gasteiger partial charge on any atom is -0.396 e. The van der Waals surface area contributed by atoms with E-state index in [2.05, 4.69) is 26.0 Å². The number of aliphatic hydroxyl groups is 1. The Kier molecular flexibility index (Phi) is 3.31. The predicted molar refractivity (Wildman–Crippen MR) is 64.3 cm³/mol. The highest BCUT2D eigenvalue weighted by Gasteiger charge is 2.39. The standard InChI is InChI=1S/C14H20O2/c1-14(2)9-12(10-15)13(16-14)8-11-6-4-3-5-7-11/h3-7,12-13,15H,8-10H2,1-2H3/t12-,13-/m1/s1. The van der Waals surface area contributed by atoms with Gasteiger partial charge in [0.05, 0.1) is 11.7 Å². The molecule has 0 saturated carbocycles. The van der Waals surface area contributed by atoms with Gasteiger partial charge >= 0.3 is 0 Å². The summed E-state index contributed by atoms with van der Waals surface area (Å²) in [6.45, 7) is 4.42. The molecule has 1 N–H and O–H groups in total. The average molecular weight is 220 g/mol. The maximum absolute atomic E-state index is 9.37. The zero-order valence-corrected chi connectivity index (χ0v) is 10.0. The molecule has 2 rings (SSSR count). The molecule has 1 aromatic carbocycles. The smallest absolute Gasteiger partial charge is 0.0673 e. The van der Waals surface area contributed by atoms with Gasteiger partial charge in [0.15, 0.2) is 0 Å². The highest BCUT2D eigenvalue weighted by Crippen LogP contribution is 2.35. The van der Waals surface area contributed by atoms with Gasteiger partial charge in [-0.15, -0.1) is 0 Å². The molecule has 1 saturated heterocycles. The summed E-state index contributed by atoms with van der Waals surface area (Å²) in [4.78, 5) is 0. The van der Waals surface area contributed by atoms with E-state index in [4.69, 9.17) is 4.74 Å². The maximum atomic E-state index is 9.37. The Morgan fingerprint density at radius 1 is 1.31 bits per heavy atom. The SMILES string of the molecule is CC1(C)C[C@H](CO)[C@@H](Cc2ccccc2)O1. The Morgan fingerprint density at radius 2 is 2.00 bits per heavy atom. The molecule has 1 aliphatic rings. The minimum absolute atomic E-state index is 0.0904. The van der Waals surface area contributed by atoms with Gasteiger partial charge in [-0.25, -0.2) is 0 Å². The molecule has 0 unspecified atom stereocenters. The van der Waals surface area contributed by atoms with Gasteiger partial charge < -0.3 is 9.84 Å². The van der Waals surface area contributed by atoms with Crippen LogP contribution in [0, 0.1) is 5.92 Å². The molecule has 0 aromatic heterocycles. The van der Waals surface area contributed by atoms with Crippen LogP contribution in [0.2, 0.25) is 0 Å². The van der Waals surface area contributed by atoms with Crippen molar-refractivity contribution in [2.75, 3.05) is 6.61 Å². The van der Waals surface area contributed by atoms with Gasteiger partial charge in [0.1, 0.15) is 0 Å². The molecule has 1 aromatic rings. The number of aliphatic hydroxyl groups excluding tert-OH is 1. The van der Waals surface area contributed by atoms with Crippen LogP contribution in [0.4, 0.5) is 0 Å². The first-order valence-corrected chi connectivity index (χ1v) is 5.93. The molecular weight excluding hydrogens is 200 g/mol. The molecule has 0 radical (unpaired) electrons. The summed E-state index contributed by atoms with van der Waals surface area (Å²) in [5.74, 6) is 0.273. The van der Waals surface area contributed by atoms with Crippen molar-refractivity contribution in [3.05, 3.63) is 35.9 Å². The number of hydrogen-bond donors (Lipinski definition) is 1. The van der Waals surface area contributed by atoms with Crippen LogP contribution < -0.4 is 0 Å². The number of rotatable bonds is 3. The van der Waals surface area contributed by atoms with Crippen LogP contribution in [-0.4, -0.2) is 23.4 Å². The summed E-state index contributed by atoms with van der Waals surface area (Å²) < 4.78 is 6.00. The fourth-order valence-electron chi connectivity index (χ4n) is 2.55. The maximum Gasteiger partial charge on any atom is 0.0673 e. The lowest BCUT2D eigenvalue weighted by molar-refractivity contribution is -0.0232. The van der Waals surface area contributed by atoms with Gasteiger partial charge in [-0.3, -0.25) is 0 Å². The van der Waals surface area contributed by atoms with E-state index in [1.807, 2.05) is 18.2 Å². The van der Waals surface area contributed by atoms with E-state index in [1.165, 1.54) is 5.56 Å². The summed E-state index contributed by atoms with van der Waals surface area (Å²) in [6, 6.07) is 10.3. The zero-order valence-electron chi connectivity index (χ0n) is 10.0. The highest BCUT2D eigenvalue weighted by molar-refractivity contribution is 5.16. The monoisotopic (exact) mass is 220 g/mol. The molecule has 1 heterocycles. The van der Waals surface area contributed by atoms with Crippen molar-refractivity contribution in [3.63, 3.8) is 0 Å². The van der Waals surface area contributed by atoms with E-state index in [9.17, 15) is 5.11 Å². The first-order chi connectivity index (χ1) is 7.61. The van der Waals surface area contributed by atoms with Crippen molar-refractivity contribution in [1.29, 1.82) is 0 Å². The predicted octanol–water partition coefficient (Wildman–Crippen LogP) is 2.41. The Morgan fingerprint density at radius 3 is 2.62 bits per heavy atom. The summed E-state index contributed by atoms with van der Waals surface area (Å²) in [6.07, 6.45) is 2.00. The van der Waals surface area contributed by atoms with Gasteiger partial charge in [-0.2, -0.15) is 0 Å². The van der Waals surface area contributed by atoms with Gasteiger partial charge in [-0.05, 0) is 32.3 Å². The van der Waals surface area contributed by atoms with Crippen LogP contribution in [0.5, 0.6) is 0 Å². The lowest BCUT2D eigenvalue weighted by atomic mass is 9.92. The fraction of sp³-hybridized carbons (Fsp3) is 0.571. The van der Waals surface area contributed by atoms with Crippen LogP contribution in [0.15, 0.2) is 30.3 Å². The molecule has 0 amide bonds. The van der Waals surface area contributed by atoms with Crippen molar-refractivity contribution in [1.82, 2.24) is 0 Å². The van der Waals surface area contributed by atoms with Crippen LogP contribution >= 0.6 is 0 Å². The lowest BCUT2D eigenvalue weighted by Gasteiger charge is -2.19. The van der Waals surface area contributed by atoms with Crippen molar-refractivity contribution in [2.45, 2.75) is 38.4 Å². The van der Waals surface area contributed by atoms with Gasteiger partial charge in [0, 0.05) is 12.5 Å². The second kappa shape index (κ2) is 4.56. The molecule has 2 nitrogen and oxygen atoms in total. The van der Waals surface area contributed by atoms with Gasteiger partial charge in [0.25, 0.3) is 0 Å². The molecule has 1 fully saturated rings. The van der Waals surface area contributed by atoms with Crippen LogP contribution in [0.25, 0.3) is 0 Å². The van der Waals surface area contributed by atoms with E-state index in [0.29, 0.717) is 0 Å². The van der Waals surface area contributed by atoms with E-state index >= 15 is 0 Å². The summed E-state index contributed by atoms with van der Waals surface area (Å²) >= 11 is 0. The largest absolute Gasteiger partial charge is 0.396 e. The van der Waals surface area contributed by atoms with E-state index in [-0.39, 0.29) is 24.2 Å². The minimum atomic E-state index is -0.0904. The Bertz CT molecular complexity index is 332. The second-order valence-electron chi connectivity index (χ2n) is 5.25. The normalized spacial score (nSPS) is 28.2. The molecule has 2 atom stereocenters. The number of ether oxygens (including phenoxy) is 1. The second-order valence-corrected chi connectivity index (χ2v) is 5.25. The highest BCUT2D eigenvalue weighted by atomic mass is 16.5. The van der Waals surface area contributed by atoms with Crippen LogP contribution in [-0.2, 0) is 11.2 Å². The molecule has 16 heavy (non-hydrogen) atoms. The molecular formula is C14H20O2. The summed E-state index contributed by atoms with van der Waals surface area (Å²) in [7, 11) is 0. The first-order valence-electron chi connectivity index (χ1n) is 5.93. The summed E-state index contributed by atoms with van der Waals surface area (Å²) in [5, 5.41) is 9.37. The van der Waals surface area contributed by atoms with Crippen molar-refractivity contribution in [3.8, 4) is 0 Å².